The Bertz CT molecular complexity index is 301. The molecule has 0 atom stereocenters. The number of hydrogen-bond acceptors (Lipinski definition) is 3. The molecular formula is C9H13BrN2OS. The number of nitrogens with one attached hydrogen (secondary N) is 2. The van der Waals surface area contributed by atoms with Crippen molar-refractivity contribution in [1.29, 1.82) is 0 Å². The van der Waals surface area contributed by atoms with E-state index in [1.54, 1.807) is 11.3 Å². The first kappa shape index (κ1) is 11.7. The fraction of sp³-hybridized carbons (Fsp3) is 0.444. The molecule has 0 bridgehead atoms. The summed E-state index contributed by atoms with van der Waals surface area (Å²) in [6.07, 6.45) is 0.527. The first-order valence-electron chi connectivity index (χ1n) is 4.37. The Labute approximate surface area is 96.0 Å². The summed E-state index contributed by atoms with van der Waals surface area (Å²) < 4.78 is 1.07. The summed E-state index contributed by atoms with van der Waals surface area (Å²) in [4.78, 5) is 12.4. The van der Waals surface area contributed by atoms with Gasteiger partial charge in [-0.15, -0.1) is 11.3 Å². The highest BCUT2D eigenvalue weighted by Crippen LogP contribution is 2.21. The SMILES string of the molecule is CNCCC(=O)NCc1sccc1Br. The predicted molar refractivity (Wildman–Crippen MR) is 62.4 cm³/mol. The van der Waals surface area contributed by atoms with E-state index in [1.165, 1.54) is 0 Å². The molecule has 0 unspecified atom stereocenters. The molecule has 1 aromatic heterocycles. The average molecular weight is 277 g/mol. The number of hydrogen-bond donors (Lipinski definition) is 2. The summed E-state index contributed by atoms with van der Waals surface area (Å²) in [5.74, 6) is 0.0830. The summed E-state index contributed by atoms with van der Waals surface area (Å²) in [7, 11) is 1.84. The highest BCUT2D eigenvalue weighted by atomic mass is 79.9. The average Bonchev–Trinajstić information content (AvgIpc) is 2.58. The van der Waals surface area contributed by atoms with Crippen molar-refractivity contribution in [2.75, 3.05) is 13.6 Å². The lowest BCUT2D eigenvalue weighted by Crippen LogP contribution is -2.25. The third-order valence-corrected chi connectivity index (χ3v) is 3.67. The molecule has 14 heavy (non-hydrogen) atoms. The van der Waals surface area contributed by atoms with Crippen LogP contribution in [0.2, 0.25) is 0 Å². The molecule has 0 saturated heterocycles. The van der Waals surface area contributed by atoms with E-state index in [1.807, 2.05) is 18.5 Å². The molecule has 0 aliphatic carbocycles. The minimum Gasteiger partial charge on any atom is -0.351 e. The van der Waals surface area contributed by atoms with Gasteiger partial charge in [-0.05, 0) is 34.4 Å². The topological polar surface area (TPSA) is 41.1 Å². The summed E-state index contributed by atoms with van der Waals surface area (Å²) in [5, 5.41) is 7.80. The van der Waals surface area contributed by atoms with Crippen LogP contribution in [0.15, 0.2) is 15.9 Å². The molecule has 0 spiro atoms. The number of amides is 1. The minimum atomic E-state index is 0.0830. The van der Waals surface area contributed by atoms with Crippen molar-refractivity contribution in [3.8, 4) is 0 Å². The van der Waals surface area contributed by atoms with Crippen molar-refractivity contribution in [1.82, 2.24) is 10.6 Å². The highest BCUT2D eigenvalue weighted by molar-refractivity contribution is 9.10. The van der Waals surface area contributed by atoms with Gasteiger partial charge in [-0.1, -0.05) is 0 Å². The molecule has 0 aromatic carbocycles. The van der Waals surface area contributed by atoms with E-state index in [0.717, 1.165) is 15.9 Å². The summed E-state index contributed by atoms with van der Waals surface area (Å²) in [6.45, 7) is 1.33. The third-order valence-electron chi connectivity index (χ3n) is 1.74. The van der Waals surface area contributed by atoms with Gasteiger partial charge in [0.05, 0.1) is 6.54 Å². The van der Waals surface area contributed by atoms with Crippen molar-refractivity contribution in [2.24, 2.45) is 0 Å². The van der Waals surface area contributed by atoms with E-state index in [2.05, 4.69) is 26.6 Å². The molecule has 5 heteroatoms. The Hall–Kier alpha value is -0.390. The standard InChI is InChI=1S/C9H13BrN2OS/c1-11-4-2-9(13)12-6-8-7(10)3-5-14-8/h3,5,11H,2,4,6H2,1H3,(H,12,13). The first-order valence-corrected chi connectivity index (χ1v) is 6.04. The second-order valence-electron chi connectivity index (χ2n) is 2.82. The molecule has 1 rings (SSSR count). The zero-order valence-corrected chi connectivity index (χ0v) is 10.4. The summed E-state index contributed by atoms with van der Waals surface area (Å²) in [6, 6.07) is 1.99. The van der Waals surface area contributed by atoms with E-state index in [0.29, 0.717) is 13.0 Å². The lowest BCUT2D eigenvalue weighted by molar-refractivity contribution is -0.121. The van der Waals surface area contributed by atoms with Crippen LogP contribution in [-0.2, 0) is 11.3 Å². The van der Waals surface area contributed by atoms with Gasteiger partial charge in [-0.2, -0.15) is 0 Å². The van der Waals surface area contributed by atoms with Crippen molar-refractivity contribution in [3.63, 3.8) is 0 Å². The van der Waals surface area contributed by atoms with E-state index in [4.69, 9.17) is 0 Å². The second kappa shape index (κ2) is 6.16. The van der Waals surface area contributed by atoms with Crippen LogP contribution in [0.25, 0.3) is 0 Å². The molecule has 0 saturated carbocycles. The zero-order chi connectivity index (χ0) is 10.4. The minimum absolute atomic E-state index is 0.0830. The monoisotopic (exact) mass is 276 g/mol. The van der Waals surface area contributed by atoms with Crippen LogP contribution in [0.3, 0.4) is 0 Å². The molecule has 3 nitrogen and oxygen atoms in total. The Morgan fingerprint density at radius 3 is 3.00 bits per heavy atom. The van der Waals surface area contributed by atoms with Crippen LogP contribution < -0.4 is 10.6 Å². The van der Waals surface area contributed by atoms with E-state index < -0.39 is 0 Å². The Balaban J connectivity index is 2.27. The molecule has 0 radical (unpaired) electrons. The smallest absolute Gasteiger partial charge is 0.221 e. The molecular weight excluding hydrogens is 264 g/mol. The van der Waals surface area contributed by atoms with Gasteiger partial charge in [0.1, 0.15) is 0 Å². The Morgan fingerprint density at radius 2 is 2.43 bits per heavy atom. The van der Waals surface area contributed by atoms with Crippen molar-refractivity contribution in [2.45, 2.75) is 13.0 Å². The van der Waals surface area contributed by atoms with Crippen LogP contribution in [0.1, 0.15) is 11.3 Å². The van der Waals surface area contributed by atoms with Gasteiger partial charge in [-0.25, -0.2) is 0 Å². The van der Waals surface area contributed by atoms with Gasteiger partial charge in [0.25, 0.3) is 0 Å². The van der Waals surface area contributed by atoms with Crippen LogP contribution in [0.4, 0.5) is 0 Å². The van der Waals surface area contributed by atoms with Crippen LogP contribution in [-0.4, -0.2) is 19.5 Å². The highest BCUT2D eigenvalue weighted by Gasteiger charge is 2.03. The number of thiophene rings is 1. The molecule has 0 aliphatic heterocycles. The summed E-state index contributed by atoms with van der Waals surface area (Å²) in [5.41, 5.74) is 0. The van der Waals surface area contributed by atoms with Gasteiger partial charge in [-0.3, -0.25) is 4.79 Å². The van der Waals surface area contributed by atoms with Crippen LogP contribution in [0.5, 0.6) is 0 Å². The molecule has 2 N–H and O–H groups in total. The van der Waals surface area contributed by atoms with Gasteiger partial charge in [0.15, 0.2) is 0 Å². The summed E-state index contributed by atoms with van der Waals surface area (Å²) >= 11 is 5.05. The molecule has 1 aromatic rings. The number of halogens is 1. The maximum atomic E-state index is 11.2. The fourth-order valence-electron chi connectivity index (χ4n) is 0.957. The fourth-order valence-corrected chi connectivity index (χ4v) is 2.39. The lowest BCUT2D eigenvalue weighted by Gasteiger charge is -2.03. The Morgan fingerprint density at radius 1 is 1.64 bits per heavy atom. The first-order chi connectivity index (χ1) is 6.74. The maximum absolute atomic E-state index is 11.2. The maximum Gasteiger partial charge on any atom is 0.221 e. The number of rotatable bonds is 5. The Kier molecular flexibility index (Phi) is 5.14. The van der Waals surface area contributed by atoms with Crippen LogP contribution in [0, 0.1) is 0 Å². The molecule has 1 amide bonds. The predicted octanol–water partition coefficient (Wildman–Crippen LogP) is 1.74. The molecule has 1 heterocycles. The van der Waals surface area contributed by atoms with Crippen molar-refractivity contribution >= 4 is 33.2 Å². The lowest BCUT2D eigenvalue weighted by atomic mass is 10.4. The van der Waals surface area contributed by atoms with Gasteiger partial charge in [0.2, 0.25) is 5.91 Å². The van der Waals surface area contributed by atoms with Crippen molar-refractivity contribution in [3.05, 3.63) is 20.8 Å². The number of carbonyl (C=O) groups excluding carboxylic acids is 1. The molecule has 78 valence electrons. The third kappa shape index (κ3) is 3.77. The van der Waals surface area contributed by atoms with Crippen molar-refractivity contribution < 1.29 is 4.79 Å². The van der Waals surface area contributed by atoms with E-state index in [-0.39, 0.29) is 5.91 Å². The molecule has 0 fully saturated rings. The quantitative estimate of drug-likeness (QED) is 0.860. The molecule has 0 aliphatic rings. The van der Waals surface area contributed by atoms with Gasteiger partial charge < -0.3 is 10.6 Å². The largest absolute Gasteiger partial charge is 0.351 e. The normalized spacial score (nSPS) is 10.1. The van der Waals surface area contributed by atoms with Gasteiger partial charge in [0, 0.05) is 22.3 Å². The van der Waals surface area contributed by atoms with Gasteiger partial charge >= 0.3 is 0 Å². The number of carbonyl (C=O) groups is 1. The van der Waals surface area contributed by atoms with E-state index >= 15 is 0 Å². The zero-order valence-electron chi connectivity index (χ0n) is 7.97. The van der Waals surface area contributed by atoms with Crippen LogP contribution >= 0.6 is 27.3 Å². The second-order valence-corrected chi connectivity index (χ2v) is 4.68. The van der Waals surface area contributed by atoms with E-state index in [9.17, 15) is 4.79 Å².